The van der Waals surface area contributed by atoms with E-state index >= 15 is 0 Å². The normalized spacial score (nSPS) is 16.2. The molecule has 0 fully saturated rings. The van der Waals surface area contributed by atoms with Crippen LogP contribution in [-0.2, 0) is 6.54 Å². The fraction of sp³-hybridized carbons (Fsp3) is 0.294. The number of benzene rings is 1. The zero-order chi connectivity index (χ0) is 18.3. The van der Waals surface area contributed by atoms with Crippen molar-refractivity contribution in [3.05, 3.63) is 47.0 Å². The van der Waals surface area contributed by atoms with Gasteiger partial charge in [-0.15, -0.1) is 10.2 Å². The topological polar surface area (TPSA) is 101 Å². The van der Waals surface area contributed by atoms with Crippen LogP contribution in [0.15, 0.2) is 24.3 Å². The second-order valence-electron chi connectivity index (χ2n) is 6.04. The Balaban J connectivity index is 1.62. The highest BCUT2D eigenvalue weighted by atomic mass is 32.1. The molecule has 9 heteroatoms. The lowest BCUT2D eigenvalue weighted by molar-refractivity contribution is 0.0638. The maximum Gasteiger partial charge on any atom is 0.254 e. The summed E-state index contributed by atoms with van der Waals surface area (Å²) in [6, 6.07) is 8.52. The van der Waals surface area contributed by atoms with Crippen molar-refractivity contribution in [2.45, 2.75) is 26.4 Å². The lowest BCUT2D eigenvalue weighted by Crippen LogP contribution is -2.41. The lowest BCUT2D eigenvalue weighted by Gasteiger charge is -2.33. The third kappa shape index (κ3) is 2.64. The van der Waals surface area contributed by atoms with Crippen LogP contribution in [0.1, 0.15) is 40.5 Å². The maximum absolute atomic E-state index is 12.9. The maximum atomic E-state index is 12.9. The summed E-state index contributed by atoms with van der Waals surface area (Å²) >= 11 is 1.30. The van der Waals surface area contributed by atoms with E-state index in [1.165, 1.54) is 11.5 Å². The SMILES string of the molecule is Cc1nsc(-c2nnc3n2CCN(C(=O)c2ccc(C#N)cc2)C3C)n1. The summed E-state index contributed by atoms with van der Waals surface area (Å²) in [5.74, 6) is 2.07. The predicted molar refractivity (Wildman–Crippen MR) is 94.3 cm³/mol. The van der Waals surface area contributed by atoms with Crippen molar-refractivity contribution in [2.24, 2.45) is 0 Å². The average Bonchev–Trinajstić information content (AvgIpc) is 3.28. The molecule has 1 unspecified atom stereocenters. The number of rotatable bonds is 2. The number of nitrogens with zero attached hydrogens (tertiary/aromatic N) is 7. The fourth-order valence-electron chi connectivity index (χ4n) is 3.06. The van der Waals surface area contributed by atoms with Gasteiger partial charge in [-0.05, 0) is 49.6 Å². The molecular weight excluding hydrogens is 350 g/mol. The Morgan fingerprint density at radius 3 is 2.69 bits per heavy atom. The smallest absolute Gasteiger partial charge is 0.254 e. The molecule has 0 radical (unpaired) electrons. The van der Waals surface area contributed by atoms with E-state index in [-0.39, 0.29) is 11.9 Å². The number of amides is 1. The number of carbonyl (C=O) groups is 1. The Morgan fingerprint density at radius 2 is 2.04 bits per heavy atom. The molecule has 8 nitrogen and oxygen atoms in total. The van der Waals surface area contributed by atoms with E-state index in [0.717, 1.165) is 10.8 Å². The van der Waals surface area contributed by atoms with Gasteiger partial charge < -0.3 is 9.47 Å². The number of hydrogen-bond donors (Lipinski definition) is 0. The first-order valence-electron chi connectivity index (χ1n) is 8.13. The summed E-state index contributed by atoms with van der Waals surface area (Å²) in [5, 5.41) is 18.2. The van der Waals surface area contributed by atoms with E-state index in [1.54, 1.807) is 29.2 Å². The Kier molecular flexibility index (Phi) is 3.97. The summed E-state index contributed by atoms with van der Waals surface area (Å²) in [5.41, 5.74) is 1.09. The van der Waals surface area contributed by atoms with Crippen LogP contribution in [0.4, 0.5) is 0 Å². The predicted octanol–water partition coefficient (Wildman–Crippen LogP) is 2.19. The number of nitriles is 1. The molecule has 1 aliphatic rings. The van der Waals surface area contributed by atoms with Crippen LogP contribution in [0.2, 0.25) is 0 Å². The molecule has 130 valence electrons. The number of aryl methyl sites for hydroxylation is 1. The molecular formula is C17H15N7OS. The first-order valence-corrected chi connectivity index (χ1v) is 8.90. The van der Waals surface area contributed by atoms with Gasteiger partial charge in [-0.25, -0.2) is 4.98 Å². The summed E-state index contributed by atoms with van der Waals surface area (Å²) in [6.45, 7) is 4.93. The highest BCUT2D eigenvalue weighted by Gasteiger charge is 2.32. The number of hydrogen-bond acceptors (Lipinski definition) is 7. The van der Waals surface area contributed by atoms with E-state index < -0.39 is 0 Å². The molecule has 1 aromatic carbocycles. The quantitative estimate of drug-likeness (QED) is 0.690. The van der Waals surface area contributed by atoms with Crippen molar-refractivity contribution in [1.82, 2.24) is 29.0 Å². The number of fused-ring (bicyclic) bond motifs is 1. The van der Waals surface area contributed by atoms with Crippen molar-refractivity contribution in [1.29, 1.82) is 5.26 Å². The van der Waals surface area contributed by atoms with Gasteiger partial charge in [0.2, 0.25) is 0 Å². The average molecular weight is 365 g/mol. The molecule has 0 saturated carbocycles. The van der Waals surface area contributed by atoms with E-state index in [2.05, 4.69) is 25.6 Å². The first-order chi connectivity index (χ1) is 12.6. The van der Waals surface area contributed by atoms with Crippen molar-refractivity contribution in [3.8, 4) is 16.9 Å². The summed E-state index contributed by atoms with van der Waals surface area (Å²) in [7, 11) is 0. The third-order valence-corrected chi connectivity index (χ3v) is 5.23. The zero-order valence-corrected chi connectivity index (χ0v) is 15.1. The Hall–Kier alpha value is -3.12. The van der Waals surface area contributed by atoms with Crippen molar-refractivity contribution < 1.29 is 4.79 Å². The molecule has 1 amide bonds. The lowest BCUT2D eigenvalue weighted by atomic mass is 10.1. The van der Waals surface area contributed by atoms with E-state index in [0.29, 0.717) is 35.9 Å². The van der Waals surface area contributed by atoms with Crippen molar-refractivity contribution in [3.63, 3.8) is 0 Å². The summed E-state index contributed by atoms with van der Waals surface area (Å²) in [4.78, 5) is 19.0. The van der Waals surface area contributed by atoms with Crippen LogP contribution in [-0.4, -0.2) is 41.5 Å². The molecule has 26 heavy (non-hydrogen) atoms. The van der Waals surface area contributed by atoms with Gasteiger partial charge in [-0.2, -0.15) is 9.64 Å². The Bertz CT molecular complexity index is 1010. The molecule has 0 N–H and O–H groups in total. The molecule has 3 heterocycles. The second kappa shape index (κ2) is 6.31. The monoisotopic (exact) mass is 365 g/mol. The number of carbonyl (C=O) groups excluding carboxylic acids is 1. The zero-order valence-electron chi connectivity index (χ0n) is 14.2. The van der Waals surface area contributed by atoms with Gasteiger partial charge in [0.05, 0.1) is 17.7 Å². The Labute approximate surface area is 153 Å². The van der Waals surface area contributed by atoms with E-state index in [9.17, 15) is 4.79 Å². The van der Waals surface area contributed by atoms with Crippen LogP contribution in [0.5, 0.6) is 0 Å². The molecule has 0 aliphatic carbocycles. The van der Waals surface area contributed by atoms with Crippen LogP contribution >= 0.6 is 11.5 Å². The minimum Gasteiger partial charge on any atom is -0.327 e. The second-order valence-corrected chi connectivity index (χ2v) is 6.80. The minimum absolute atomic E-state index is 0.0791. The van der Waals surface area contributed by atoms with Crippen LogP contribution < -0.4 is 0 Å². The molecule has 1 aliphatic heterocycles. The van der Waals surface area contributed by atoms with E-state index in [4.69, 9.17) is 5.26 Å². The highest BCUT2D eigenvalue weighted by Crippen LogP contribution is 2.30. The van der Waals surface area contributed by atoms with Gasteiger partial charge >= 0.3 is 0 Å². The number of aromatic nitrogens is 5. The van der Waals surface area contributed by atoms with Crippen LogP contribution in [0, 0.1) is 18.3 Å². The summed E-state index contributed by atoms with van der Waals surface area (Å²) in [6.07, 6.45) is 0. The molecule has 0 spiro atoms. The Morgan fingerprint density at radius 1 is 1.27 bits per heavy atom. The van der Waals surface area contributed by atoms with Gasteiger partial charge in [0.25, 0.3) is 5.91 Å². The van der Waals surface area contributed by atoms with Crippen LogP contribution in [0.25, 0.3) is 10.8 Å². The van der Waals surface area contributed by atoms with Crippen molar-refractivity contribution in [2.75, 3.05) is 6.54 Å². The van der Waals surface area contributed by atoms with Gasteiger partial charge in [-0.1, -0.05) is 0 Å². The van der Waals surface area contributed by atoms with Gasteiger partial charge in [0.1, 0.15) is 5.82 Å². The largest absolute Gasteiger partial charge is 0.327 e. The molecule has 0 bridgehead atoms. The highest BCUT2D eigenvalue weighted by molar-refractivity contribution is 7.09. The van der Waals surface area contributed by atoms with Crippen molar-refractivity contribution >= 4 is 17.4 Å². The van der Waals surface area contributed by atoms with Gasteiger partial charge in [-0.3, -0.25) is 4.79 Å². The summed E-state index contributed by atoms with van der Waals surface area (Å²) < 4.78 is 6.21. The third-order valence-electron chi connectivity index (χ3n) is 4.43. The van der Waals surface area contributed by atoms with E-state index in [1.807, 2.05) is 18.4 Å². The minimum atomic E-state index is -0.206. The molecule has 3 aromatic rings. The van der Waals surface area contributed by atoms with Crippen LogP contribution in [0.3, 0.4) is 0 Å². The molecule has 0 saturated heterocycles. The fourth-order valence-corrected chi connectivity index (χ4v) is 3.73. The molecule has 2 aromatic heterocycles. The van der Waals surface area contributed by atoms with Gasteiger partial charge in [0, 0.05) is 18.7 Å². The van der Waals surface area contributed by atoms with Gasteiger partial charge in [0.15, 0.2) is 16.7 Å². The molecule has 1 atom stereocenters. The first kappa shape index (κ1) is 16.4. The molecule has 4 rings (SSSR count). The standard InChI is InChI=1S/C17H15N7OS/c1-10-14-20-21-15(16-19-11(2)22-26-16)24(14)8-7-23(10)17(25)13-5-3-12(9-18)4-6-13/h3-6,10H,7-8H2,1-2H3.